The van der Waals surface area contributed by atoms with Gasteiger partial charge in [-0.05, 0) is 31.0 Å². The van der Waals surface area contributed by atoms with Gasteiger partial charge in [0.1, 0.15) is 5.76 Å². The summed E-state index contributed by atoms with van der Waals surface area (Å²) >= 11 is 0. The Hall–Kier alpha value is -3.13. The molecule has 8 heteroatoms. The van der Waals surface area contributed by atoms with Crippen molar-refractivity contribution in [1.29, 1.82) is 0 Å². The maximum atomic E-state index is 13.2. The molecule has 2 aromatic rings. The molecule has 0 spiro atoms. The molecular weight excluding hydrogens is 412 g/mol. The second kappa shape index (κ2) is 14.0. The van der Waals surface area contributed by atoms with E-state index < -0.39 is 5.97 Å². The average Bonchev–Trinajstić information content (AvgIpc) is 3.31. The van der Waals surface area contributed by atoms with Gasteiger partial charge in [0.2, 0.25) is 11.8 Å². The Morgan fingerprint density at radius 1 is 0.938 bits per heavy atom. The molecule has 2 amide bonds. The highest BCUT2D eigenvalue weighted by atomic mass is 16.5. The lowest BCUT2D eigenvalue weighted by molar-refractivity contribution is -0.146. The SMILES string of the molecule is CCOC(=O)CCC(=O)N(CCOC)CC(=O)N(CCc1ccccc1)Cc1ccco1. The van der Waals surface area contributed by atoms with Gasteiger partial charge in [0.05, 0.1) is 39.0 Å². The van der Waals surface area contributed by atoms with E-state index in [-0.39, 0.29) is 44.4 Å². The van der Waals surface area contributed by atoms with Crippen LogP contribution in [0.25, 0.3) is 0 Å². The third-order valence-corrected chi connectivity index (χ3v) is 4.89. The van der Waals surface area contributed by atoms with Gasteiger partial charge in [-0.2, -0.15) is 0 Å². The standard InChI is InChI=1S/C24H32N2O6/c1-3-31-24(29)12-11-22(27)26(15-17-30-2)19-23(28)25(18-21-10-7-16-32-21)14-13-20-8-5-4-6-9-20/h4-10,16H,3,11-15,17-19H2,1-2H3. The molecule has 0 bridgehead atoms. The Labute approximate surface area is 189 Å². The number of carbonyl (C=O) groups excluding carboxylic acids is 3. The molecule has 174 valence electrons. The molecule has 0 aliphatic rings. The number of esters is 1. The number of amides is 2. The predicted octanol–water partition coefficient (Wildman–Crippen LogP) is 2.67. The molecule has 8 nitrogen and oxygen atoms in total. The smallest absolute Gasteiger partial charge is 0.306 e. The minimum absolute atomic E-state index is 0.0158. The van der Waals surface area contributed by atoms with E-state index in [4.69, 9.17) is 13.9 Å². The Kier molecular flexibility index (Phi) is 11.0. The van der Waals surface area contributed by atoms with Crippen LogP contribution >= 0.6 is 0 Å². The predicted molar refractivity (Wildman–Crippen MR) is 119 cm³/mol. The fraction of sp³-hybridized carbons (Fsp3) is 0.458. The zero-order valence-corrected chi connectivity index (χ0v) is 18.8. The van der Waals surface area contributed by atoms with Gasteiger partial charge in [-0.3, -0.25) is 14.4 Å². The molecule has 0 aliphatic carbocycles. The van der Waals surface area contributed by atoms with Gasteiger partial charge in [-0.25, -0.2) is 0 Å². The van der Waals surface area contributed by atoms with Crippen LogP contribution in [-0.2, 0) is 36.8 Å². The normalized spacial score (nSPS) is 10.6. The quantitative estimate of drug-likeness (QED) is 0.416. The number of hydrogen-bond acceptors (Lipinski definition) is 6. The third-order valence-electron chi connectivity index (χ3n) is 4.89. The van der Waals surface area contributed by atoms with Crippen LogP contribution in [0.4, 0.5) is 0 Å². The Balaban J connectivity index is 2.03. The topological polar surface area (TPSA) is 89.3 Å². The van der Waals surface area contributed by atoms with Gasteiger partial charge >= 0.3 is 5.97 Å². The molecule has 0 fully saturated rings. The molecule has 0 unspecified atom stereocenters. The average molecular weight is 445 g/mol. The van der Waals surface area contributed by atoms with Gasteiger partial charge in [-0.15, -0.1) is 0 Å². The molecule has 2 rings (SSSR count). The summed E-state index contributed by atoms with van der Waals surface area (Å²) in [7, 11) is 1.53. The highest BCUT2D eigenvalue weighted by molar-refractivity contribution is 5.86. The molecule has 0 saturated heterocycles. The summed E-state index contributed by atoms with van der Waals surface area (Å²) < 4.78 is 15.4. The molecule has 0 N–H and O–H groups in total. The minimum Gasteiger partial charge on any atom is -0.467 e. The molecule has 1 aromatic carbocycles. The maximum absolute atomic E-state index is 13.2. The number of rotatable bonds is 14. The zero-order chi connectivity index (χ0) is 23.2. The number of ether oxygens (including phenoxy) is 2. The number of methoxy groups -OCH3 is 1. The summed E-state index contributed by atoms with van der Waals surface area (Å²) in [6.07, 6.45) is 2.22. The van der Waals surface area contributed by atoms with Crippen molar-refractivity contribution in [3.05, 3.63) is 60.1 Å². The summed E-state index contributed by atoms with van der Waals surface area (Å²) in [5.41, 5.74) is 1.12. The number of benzene rings is 1. The molecule has 0 aliphatic heterocycles. The van der Waals surface area contributed by atoms with Gasteiger partial charge in [0.25, 0.3) is 0 Å². The summed E-state index contributed by atoms with van der Waals surface area (Å²) in [6, 6.07) is 13.5. The van der Waals surface area contributed by atoms with Crippen LogP contribution in [0.5, 0.6) is 0 Å². The highest BCUT2D eigenvalue weighted by Gasteiger charge is 2.22. The summed E-state index contributed by atoms with van der Waals surface area (Å²) in [6.45, 7) is 3.24. The minimum atomic E-state index is -0.429. The molecule has 0 atom stereocenters. The second-order valence-corrected chi connectivity index (χ2v) is 7.24. The summed E-state index contributed by atoms with van der Waals surface area (Å²) in [4.78, 5) is 40.6. The van der Waals surface area contributed by atoms with Crippen molar-refractivity contribution >= 4 is 17.8 Å². The van der Waals surface area contributed by atoms with Crippen LogP contribution in [-0.4, -0.2) is 67.5 Å². The van der Waals surface area contributed by atoms with E-state index in [1.165, 1.54) is 12.0 Å². The first-order chi connectivity index (χ1) is 15.5. The van der Waals surface area contributed by atoms with E-state index in [2.05, 4.69) is 0 Å². The molecule has 0 saturated carbocycles. The van der Waals surface area contributed by atoms with Crippen LogP contribution in [0, 0.1) is 0 Å². The van der Waals surface area contributed by atoms with Crippen molar-refractivity contribution in [1.82, 2.24) is 9.80 Å². The lowest BCUT2D eigenvalue weighted by Crippen LogP contribution is -2.44. The van der Waals surface area contributed by atoms with Crippen molar-refractivity contribution in [3.63, 3.8) is 0 Å². The van der Waals surface area contributed by atoms with Gasteiger partial charge < -0.3 is 23.7 Å². The number of furan rings is 1. The first kappa shape index (κ1) is 25.1. The van der Waals surface area contributed by atoms with Crippen LogP contribution in [0.1, 0.15) is 31.1 Å². The van der Waals surface area contributed by atoms with Crippen molar-refractivity contribution in [2.24, 2.45) is 0 Å². The number of hydrogen-bond donors (Lipinski definition) is 0. The Morgan fingerprint density at radius 3 is 2.38 bits per heavy atom. The van der Waals surface area contributed by atoms with Crippen LogP contribution in [0.2, 0.25) is 0 Å². The zero-order valence-electron chi connectivity index (χ0n) is 18.8. The maximum Gasteiger partial charge on any atom is 0.306 e. The van der Waals surface area contributed by atoms with Gasteiger partial charge in [0.15, 0.2) is 0 Å². The fourth-order valence-electron chi connectivity index (χ4n) is 3.15. The fourth-order valence-corrected chi connectivity index (χ4v) is 3.15. The molecule has 32 heavy (non-hydrogen) atoms. The van der Waals surface area contributed by atoms with E-state index in [9.17, 15) is 14.4 Å². The van der Waals surface area contributed by atoms with E-state index >= 15 is 0 Å². The summed E-state index contributed by atoms with van der Waals surface area (Å²) in [5.74, 6) is -0.243. The first-order valence-electron chi connectivity index (χ1n) is 10.8. The van der Waals surface area contributed by atoms with Gasteiger partial charge in [-0.1, -0.05) is 30.3 Å². The van der Waals surface area contributed by atoms with Crippen molar-refractivity contribution < 1.29 is 28.3 Å². The van der Waals surface area contributed by atoms with Crippen LogP contribution in [0.15, 0.2) is 53.1 Å². The third kappa shape index (κ3) is 8.93. The van der Waals surface area contributed by atoms with Crippen molar-refractivity contribution in [3.8, 4) is 0 Å². The monoisotopic (exact) mass is 444 g/mol. The van der Waals surface area contributed by atoms with E-state index in [1.807, 2.05) is 36.4 Å². The lowest BCUT2D eigenvalue weighted by atomic mass is 10.1. The lowest BCUT2D eigenvalue weighted by Gasteiger charge is -2.27. The van der Waals surface area contributed by atoms with Gasteiger partial charge in [0, 0.05) is 26.6 Å². The van der Waals surface area contributed by atoms with Crippen LogP contribution < -0.4 is 0 Å². The van der Waals surface area contributed by atoms with E-state index in [0.29, 0.717) is 31.9 Å². The summed E-state index contributed by atoms with van der Waals surface area (Å²) in [5, 5.41) is 0. The van der Waals surface area contributed by atoms with Crippen molar-refractivity contribution in [2.45, 2.75) is 32.7 Å². The van der Waals surface area contributed by atoms with Crippen LogP contribution in [0.3, 0.4) is 0 Å². The first-order valence-corrected chi connectivity index (χ1v) is 10.8. The number of carbonyl (C=O) groups is 3. The Morgan fingerprint density at radius 2 is 1.72 bits per heavy atom. The second-order valence-electron chi connectivity index (χ2n) is 7.24. The largest absolute Gasteiger partial charge is 0.467 e. The Bertz CT molecular complexity index is 822. The highest BCUT2D eigenvalue weighted by Crippen LogP contribution is 2.10. The van der Waals surface area contributed by atoms with Crippen molar-refractivity contribution in [2.75, 3.05) is 40.0 Å². The molecular formula is C24H32N2O6. The molecule has 1 aromatic heterocycles. The van der Waals surface area contributed by atoms with E-state index in [0.717, 1.165) is 5.56 Å². The number of nitrogens with zero attached hydrogens (tertiary/aromatic N) is 2. The molecule has 1 heterocycles. The molecule has 0 radical (unpaired) electrons. The van der Waals surface area contributed by atoms with E-state index in [1.54, 1.807) is 24.2 Å².